The van der Waals surface area contributed by atoms with E-state index in [4.69, 9.17) is 4.74 Å². The van der Waals surface area contributed by atoms with Gasteiger partial charge in [0.15, 0.2) is 0 Å². The van der Waals surface area contributed by atoms with Gasteiger partial charge in [0, 0.05) is 11.6 Å². The molecule has 27 heavy (non-hydrogen) atoms. The number of fused-ring (bicyclic) bond motifs is 1. The Kier molecular flexibility index (Phi) is 5.68. The van der Waals surface area contributed by atoms with Crippen LogP contribution < -0.4 is 10.1 Å². The van der Waals surface area contributed by atoms with E-state index >= 15 is 0 Å². The van der Waals surface area contributed by atoms with Crippen molar-refractivity contribution in [3.05, 3.63) is 43.1 Å². The number of halogens is 3. The van der Waals surface area contributed by atoms with E-state index in [0.29, 0.717) is 36.4 Å². The molecule has 144 valence electrons. The fourth-order valence-corrected chi connectivity index (χ4v) is 3.42. The molecule has 0 spiro atoms. The third-order valence-corrected chi connectivity index (χ3v) is 4.96. The van der Waals surface area contributed by atoms with E-state index in [9.17, 15) is 18.0 Å². The summed E-state index contributed by atoms with van der Waals surface area (Å²) in [4.78, 5) is 15.9. The van der Waals surface area contributed by atoms with Gasteiger partial charge in [0.25, 0.3) is 0 Å². The van der Waals surface area contributed by atoms with Gasteiger partial charge in [0.05, 0.1) is 18.2 Å². The number of anilines is 1. The average molecular weight is 378 g/mol. The number of nitrogens with one attached hydrogen (secondary N) is 1. The van der Waals surface area contributed by atoms with Crippen LogP contribution in [0.3, 0.4) is 0 Å². The summed E-state index contributed by atoms with van der Waals surface area (Å²) in [6.45, 7) is 3.79. The normalized spacial score (nSPS) is 20.3. The van der Waals surface area contributed by atoms with E-state index in [-0.39, 0.29) is 24.7 Å². The van der Waals surface area contributed by atoms with Crippen LogP contribution in [0.4, 0.5) is 18.9 Å². The Balaban J connectivity index is 1.69. The number of nitrogens with zero attached hydrogens (tertiary/aromatic N) is 1. The molecule has 0 bridgehead atoms. The summed E-state index contributed by atoms with van der Waals surface area (Å²) < 4.78 is 44.2. The van der Waals surface area contributed by atoms with Crippen LogP contribution in [0.25, 0.3) is 10.9 Å². The number of ether oxygens (including phenoxy) is 1. The summed E-state index contributed by atoms with van der Waals surface area (Å²) in [5.74, 6) is -0.859. The van der Waals surface area contributed by atoms with Gasteiger partial charge in [-0.3, -0.25) is 9.78 Å². The minimum Gasteiger partial charge on any atom is -0.491 e. The highest BCUT2D eigenvalue weighted by molar-refractivity contribution is 6.06. The summed E-state index contributed by atoms with van der Waals surface area (Å²) in [5, 5.41) is 3.45. The number of carbonyl (C=O) groups excluding carboxylic acids is 1. The first-order valence-corrected chi connectivity index (χ1v) is 8.89. The maximum atomic E-state index is 12.8. The van der Waals surface area contributed by atoms with Crippen LogP contribution in [0.2, 0.25) is 0 Å². The zero-order valence-corrected chi connectivity index (χ0v) is 14.8. The van der Waals surface area contributed by atoms with Gasteiger partial charge in [0.2, 0.25) is 5.91 Å². The number of amides is 1. The Labute approximate surface area is 155 Å². The predicted molar refractivity (Wildman–Crippen MR) is 97.6 cm³/mol. The molecule has 1 saturated carbocycles. The lowest BCUT2D eigenvalue weighted by atomic mass is 9.82. The smallest absolute Gasteiger partial charge is 0.391 e. The Morgan fingerprint density at radius 2 is 2.00 bits per heavy atom. The monoisotopic (exact) mass is 378 g/mol. The number of pyridine rings is 1. The number of hydrogen-bond acceptors (Lipinski definition) is 3. The molecule has 1 aliphatic rings. The SMILES string of the molecule is C=CC(=O)Nc1ccc(OC[C@H]2CC[C@@H](C(F)(F)F)CC2)c2ncccc12. The van der Waals surface area contributed by atoms with Crippen molar-refractivity contribution in [2.24, 2.45) is 11.8 Å². The lowest BCUT2D eigenvalue weighted by molar-refractivity contribution is -0.184. The van der Waals surface area contributed by atoms with Crippen LogP contribution in [0.5, 0.6) is 5.75 Å². The lowest BCUT2D eigenvalue weighted by Gasteiger charge is -2.29. The molecule has 2 aromatic rings. The fraction of sp³-hybridized carbons (Fsp3) is 0.400. The van der Waals surface area contributed by atoms with E-state index in [1.54, 1.807) is 24.4 Å². The highest BCUT2D eigenvalue weighted by Crippen LogP contribution is 2.40. The molecule has 1 aromatic heterocycles. The molecule has 3 rings (SSSR count). The zero-order chi connectivity index (χ0) is 19.4. The van der Waals surface area contributed by atoms with Crippen molar-refractivity contribution in [1.29, 1.82) is 0 Å². The van der Waals surface area contributed by atoms with Gasteiger partial charge >= 0.3 is 6.18 Å². The van der Waals surface area contributed by atoms with Crippen molar-refractivity contribution < 1.29 is 22.7 Å². The van der Waals surface area contributed by atoms with Crippen molar-refractivity contribution >= 4 is 22.5 Å². The predicted octanol–water partition coefficient (Wildman–Crippen LogP) is 5.11. The molecule has 4 nitrogen and oxygen atoms in total. The second-order valence-electron chi connectivity index (χ2n) is 6.77. The number of rotatable bonds is 5. The second kappa shape index (κ2) is 7.98. The first-order valence-electron chi connectivity index (χ1n) is 8.89. The highest BCUT2D eigenvalue weighted by atomic mass is 19.4. The van der Waals surface area contributed by atoms with Gasteiger partial charge in [-0.1, -0.05) is 6.58 Å². The van der Waals surface area contributed by atoms with Gasteiger partial charge < -0.3 is 10.1 Å². The van der Waals surface area contributed by atoms with E-state index in [0.717, 1.165) is 5.39 Å². The molecule has 1 N–H and O–H groups in total. The molecule has 7 heteroatoms. The summed E-state index contributed by atoms with van der Waals surface area (Å²) in [5.41, 5.74) is 1.20. The molecule has 1 fully saturated rings. The van der Waals surface area contributed by atoms with Gasteiger partial charge in [-0.2, -0.15) is 13.2 Å². The molecule has 0 aliphatic heterocycles. The number of carbonyl (C=O) groups is 1. The molecule has 0 atom stereocenters. The number of aromatic nitrogens is 1. The van der Waals surface area contributed by atoms with E-state index in [1.165, 1.54) is 6.08 Å². The van der Waals surface area contributed by atoms with Crippen molar-refractivity contribution in [1.82, 2.24) is 4.98 Å². The maximum absolute atomic E-state index is 12.8. The third kappa shape index (κ3) is 4.59. The Bertz CT molecular complexity index is 828. The Morgan fingerprint density at radius 3 is 2.67 bits per heavy atom. The summed E-state index contributed by atoms with van der Waals surface area (Å²) >= 11 is 0. The van der Waals surface area contributed by atoms with Gasteiger partial charge in [-0.05, 0) is 61.9 Å². The quantitative estimate of drug-likeness (QED) is 0.736. The topological polar surface area (TPSA) is 51.2 Å². The third-order valence-electron chi connectivity index (χ3n) is 4.96. The lowest BCUT2D eigenvalue weighted by Crippen LogP contribution is -2.29. The van der Waals surface area contributed by atoms with Crippen LogP contribution in [0.15, 0.2) is 43.1 Å². The molecule has 1 amide bonds. The van der Waals surface area contributed by atoms with E-state index in [2.05, 4.69) is 16.9 Å². The van der Waals surface area contributed by atoms with Gasteiger partial charge in [0.1, 0.15) is 11.3 Å². The van der Waals surface area contributed by atoms with Crippen molar-refractivity contribution in [3.8, 4) is 5.75 Å². The van der Waals surface area contributed by atoms with Crippen LogP contribution in [0.1, 0.15) is 25.7 Å². The van der Waals surface area contributed by atoms with Gasteiger partial charge in [-0.15, -0.1) is 0 Å². The summed E-state index contributed by atoms with van der Waals surface area (Å²) in [6.07, 6.45) is 0.0303. The minimum absolute atomic E-state index is 0.0995. The first kappa shape index (κ1) is 19.2. The number of alkyl halides is 3. The van der Waals surface area contributed by atoms with Crippen LogP contribution >= 0.6 is 0 Å². The molecular formula is C20H21F3N2O2. The van der Waals surface area contributed by atoms with Gasteiger partial charge in [-0.25, -0.2) is 0 Å². The molecular weight excluding hydrogens is 357 g/mol. The number of benzene rings is 1. The maximum Gasteiger partial charge on any atom is 0.391 e. The molecule has 1 aliphatic carbocycles. The standard InChI is InChI=1S/C20H21F3N2O2/c1-2-18(26)25-16-9-10-17(19-15(16)4-3-11-24-19)27-12-13-5-7-14(8-6-13)20(21,22)23/h2-4,9-11,13-14H,1,5-8,12H2,(H,25,26)/t13-,14+. The zero-order valence-electron chi connectivity index (χ0n) is 14.8. The molecule has 0 radical (unpaired) electrons. The van der Waals surface area contributed by atoms with Crippen molar-refractivity contribution in [3.63, 3.8) is 0 Å². The highest BCUT2D eigenvalue weighted by Gasteiger charge is 2.41. The average Bonchev–Trinajstić information content (AvgIpc) is 2.67. The number of hydrogen-bond donors (Lipinski definition) is 1. The Hall–Kier alpha value is -2.57. The Morgan fingerprint density at radius 1 is 1.26 bits per heavy atom. The van der Waals surface area contributed by atoms with Crippen molar-refractivity contribution in [2.45, 2.75) is 31.9 Å². The molecule has 0 saturated heterocycles. The van der Waals surface area contributed by atoms with Crippen LogP contribution in [-0.4, -0.2) is 23.7 Å². The van der Waals surface area contributed by atoms with E-state index in [1.807, 2.05) is 6.07 Å². The van der Waals surface area contributed by atoms with E-state index < -0.39 is 12.1 Å². The largest absolute Gasteiger partial charge is 0.491 e. The molecule has 1 heterocycles. The first-order chi connectivity index (χ1) is 12.9. The summed E-state index contributed by atoms with van der Waals surface area (Å²) in [6, 6.07) is 7.02. The van der Waals surface area contributed by atoms with Crippen LogP contribution in [-0.2, 0) is 4.79 Å². The van der Waals surface area contributed by atoms with Crippen molar-refractivity contribution in [2.75, 3.05) is 11.9 Å². The molecule has 0 unspecified atom stereocenters. The summed E-state index contributed by atoms with van der Waals surface area (Å²) in [7, 11) is 0. The minimum atomic E-state index is -4.10. The fourth-order valence-electron chi connectivity index (χ4n) is 3.42. The second-order valence-corrected chi connectivity index (χ2v) is 6.77. The van der Waals surface area contributed by atoms with Crippen LogP contribution in [0, 0.1) is 11.8 Å². The molecule has 1 aromatic carbocycles.